The molecule has 2 aromatic carbocycles. The highest BCUT2D eigenvalue weighted by molar-refractivity contribution is 6.33. The Morgan fingerprint density at radius 3 is 2.52 bits per heavy atom. The highest BCUT2D eigenvalue weighted by Gasteiger charge is 2.54. The first-order valence-corrected chi connectivity index (χ1v) is 22.1. The number of likely N-dealkylation sites (N-methyl/N-ethyl adjacent to an activating group) is 1. The lowest BCUT2D eigenvalue weighted by Crippen LogP contribution is -2.66. The Morgan fingerprint density at radius 1 is 1.02 bits per heavy atom. The van der Waals surface area contributed by atoms with Crippen LogP contribution >= 0.6 is 11.6 Å². The molecule has 4 aromatic rings. The topological polar surface area (TPSA) is 191 Å². The number of likely N-dealkylation sites (tertiary alicyclic amines) is 1. The molecule has 7 heterocycles. The number of carbonyl (C=O) groups is 5. The lowest BCUT2D eigenvalue weighted by atomic mass is 9.70. The van der Waals surface area contributed by atoms with Gasteiger partial charge in [0.15, 0.2) is 18.2 Å². The van der Waals surface area contributed by atoms with Gasteiger partial charge in [-0.25, -0.2) is 9.37 Å². The Balaban J connectivity index is 0.791. The van der Waals surface area contributed by atoms with Crippen molar-refractivity contribution < 1.29 is 33.1 Å². The van der Waals surface area contributed by atoms with Gasteiger partial charge in [-0.05, 0) is 88.4 Å². The molecule has 5 aliphatic heterocycles. The van der Waals surface area contributed by atoms with Crippen LogP contribution in [-0.4, -0.2) is 126 Å². The van der Waals surface area contributed by atoms with Crippen LogP contribution in [0.1, 0.15) is 72.7 Å². The van der Waals surface area contributed by atoms with E-state index in [-0.39, 0.29) is 53.8 Å². The van der Waals surface area contributed by atoms with Gasteiger partial charge < -0.3 is 34.6 Å². The first-order valence-electron chi connectivity index (χ1n) is 21.8. The van der Waals surface area contributed by atoms with Gasteiger partial charge in [0.05, 0.1) is 28.5 Å². The molecule has 2 atom stereocenters. The van der Waals surface area contributed by atoms with Gasteiger partial charge in [-0.3, -0.25) is 39.0 Å². The number of halogens is 2. The third-order valence-electron chi connectivity index (χ3n) is 13.4. The van der Waals surface area contributed by atoms with Crippen molar-refractivity contribution in [3.63, 3.8) is 0 Å². The second-order valence-corrected chi connectivity index (χ2v) is 18.2. The molecule has 2 aromatic heterocycles. The fraction of sp³-hybridized carbons (Fsp3) is 0.467. The van der Waals surface area contributed by atoms with Crippen molar-refractivity contribution in [1.29, 1.82) is 0 Å². The highest BCUT2D eigenvalue weighted by atomic mass is 35.5. The lowest BCUT2D eigenvalue weighted by Gasteiger charge is -2.57. The maximum absolute atomic E-state index is 16.2. The predicted molar refractivity (Wildman–Crippen MR) is 237 cm³/mol. The van der Waals surface area contributed by atoms with Crippen molar-refractivity contribution in [2.24, 2.45) is 11.3 Å². The van der Waals surface area contributed by atoms with Crippen molar-refractivity contribution in [3.05, 3.63) is 75.2 Å². The van der Waals surface area contributed by atoms with Gasteiger partial charge in [-0.2, -0.15) is 4.98 Å². The maximum atomic E-state index is 16.2. The van der Waals surface area contributed by atoms with Gasteiger partial charge in [-0.15, -0.1) is 0 Å². The number of pyridine rings is 1. The van der Waals surface area contributed by atoms with Crippen molar-refractivity contribution in [1.82, 2.24) is 35.0 Å². The molecular formula is C45H50ClFN10O7. The van der Waals surface area contributed by atoms with Gasteiger partial charge in [0.2, 0.25) is 17.8 Å². The van der Waals surface area contributed by atoms with Crippen LogP contribution in [0.15, 0.2) is 53.5 Å². The number of piperidine rings is 3. The molecular weight excluding hydrogens is 847 g/mol. The minimum atomic E-state index is -1.06. The molecule has 4 fully saturated rings. The van der Waals surface area contributed by atoms with Crippen LogP contribution in [0.2, 0.25) is 5.02 Å². The average molecular weight is 897 g/mol. The first kappa shape index (κ1) is 43.1. The number of imide groups is 2. The molecule has 0 radical (unpaired) electrons. The van der Waals surface area contributed by atoms with Crippen LogP contribution in [0, 0.1) is 11.3 Å². The average Bonchev–Trinajstić information content (AvgIpc) is 3.51. The zero-order chi connectivity index (χ0) is 45.0. The van der Waals surface area contributed by atoms with E-state index < -0.39 is 41.3 Å². The minimum absolute atomic E-state index is 0.0432. The monoisotopic (exact) mass is 896 g/mol. The van der Waals surface area contributed by atoms with Crippen molar-refractivity contribution in [3.8, 4) is 5.75 Å². The van der Waals surface area contributed by atoms with Gasteiger partial charge in [0.1, 0.15) is 17.2 Å². The zero-order valence-electron chi connectivity index (χ0n) is 35.9. The number of alkyl halides is 1. The molecule has 0 saturated carbocycles. The summed E-state index contributed by atoms with van der Waals surface area (Å²) in [5.41, 5.74) is 1.53. The standard InChI is InChI=1S/C45H50ClFN10O7/c1-25(2)56-31-8-7-28(17-27(31)18-34(42(56)62)64-22-37(59)48-3)50-39-30(46)19-49-44(52-39)54-14-11-26(12-15-54)20-53-16-13-45(35(47)21-53)23-55(24-45)32-6-4-5-29-38(32)43(63)57(41(29)61)33-9-10-36(58)51-40(33)60/h4-8,17-19,25-26,33,35H,9-16,20-24H2,1-3H3,(H,48,59)(H,49,50,52)(H,51,58,60). The van der Waals surface area contributed by atoms with Crippen LogP contribution in [-0.2, 0) is 14.4 Å². The summed E-state index contributed by atoms with van der Waals surface area (Å²) >= 11 is 6.60. The van der Waals surface area contributed by atoms with Crippen LogP contribution in [0.25, 0.3) is 10.9 Å². The third-order valence-corrected chi connectivity index (χ3v) is 13.6. The third kappa shape index (κ3) is 7.90. The number of rotatable bonds is 11. The normalized spacial score (nSPS) is 21.4. The minimum Gasteiger partial charge on any atom is -0.478 e. The molecule has 5 amide bonds. The van der Waals surface area contributed by atoms with E-state index in [0.717, 1.165) is 49.3 Å². The molecule has 5 aliphatic rings. The quantitative estimate of drug-likeness (QED) is 0.183. The van der Waals surface area contributed by atoms with Gasteiger partial charge in [0, 0.05) is 75.3 Å². The summed E-state index contributed by atoms with van der Waals surface area (Å²) in [5, 5.41) is 9.10. The molecule has 4 saturated heterocycles. The van der Waals surface area contributed by atoms with E-state index in [9.17, 15) is 28.8 Å². The molecule has 64 heavy (non-hydrogen) atoms. The zero-order valence-corrected chi connectivity index (χ0v) is 36.6. The van der Waals surface area contributed by atoms with Crippen molar-refractivity contribution in [2.75, 3.05) is 74.6 Å². The van der Waals surface area contributed by atoms with Crippen LogP contribution in [0.5, 0.6) is 5.75 Å². The molecule has 17 nitrogen and oxygen atoms in total. The van der Waals surface area contributed by atoms with E-state index in [0.29, 0.717) is 65.7 Å². The number of carbonyl (C=O) groups excluding carboxylic acids is 5. The number of fused-ring (bicyclic) bond motifs is 2. The maximum Gasteiger partial charge on any atom is 0.293 e. The number of hydrogen-bond donors (Lipinski definition) is 3. The van der Waals surface area contributed by atoms with Crippen LogP contribution in [0.3, 0.4) is 0 Å². The Bertz CT molecular complexity index is 2630. The van der Waals surface area contributed by atoms with Gasteiger partial charge in [-0.1, -0.05) is 17.7 Å². The number of amides is 5. The Kier molecular flexibility index (Phi) is 11.5. The molecule has 1 spiro atoms. The lowest BCUT2D eigenvalue weighted by molar-refractivity contribution is -0.136. The summed E-state index contributed by atoms with van der Waals surface area (Å²) in [6.07, 6.45) is 3.07. The second kappa shape index (κ2) is 17.1. The molecule has 336 valence electrons. The Morgan fingerprint density at radius 2 is 1.80 bits per heavy atom. The smallest absolute Gasteiger partial charge is 0.293 e. The Labute approximate surface area is 373 Å². The summed E-state index contributed by atoms with van der Waals surface area (Å²) < 4.78 is 23.4. The van der Waals surface area contributed by atoms with Crippen molar-refractivity contribution in [2.45, 2.75) is 64.2 Å². The molecule has 3 N–H and O–H groups in total. The molecule has 9 rings (SSSR count). The SMILES string of the molecule is CNC(=O)COc1cc2cc(Nc3nc(N4CCC(CN5CCC6(CN(c7cccc8c7C(=O)N(C7CCC(=O)NC7=O)C8=O)C6)C(F)C5)CC4)ncc3Cl)ccc2n(C(C)C)c1=O. The first-order chi connectivity index (χ1) is 30.7. The molecule has 2 unspecified atom stereocenters. The summed E-state index contributed by atoms with van der Waals surface area (Å²) in [7, 11) is 1.50. The summed E-state index contributed by atoms with van der Waals surface area (Å²) in [6, 6.07) is 11.0. The number of nitrogens with one attached hydrogen (secondary N) is 3. The number of benzene rings is 2. The number of hydrogen-bond acceptors (Lipinski definition) is 13. The van der Waals surface area contributed by atoms with E-state index in [1.165, 1.54) is 7.05 Å². The van der Waals surface area contributed by atoms with Crippen molar-refractivity contribution >= 4 is 75.2 Å². The number of anilines is 4. The van der Waals surface area contributed by atoms with Crippen LogP contribution in [0.4, 0.5) is 27.5 Å². The summed E-state index contributed by atoms with van der Waals surface area (Å²) in [4.78, 5) is 93.1. The molecule has 19 heteroatoms. The highest BCUT2D eigenvalue weighted by Crippen LogP contribution is 2.47. The van der Waals surface area contributed by atoms with E-state index in [1.807, 2.05) is 36.9 Å². The fourth-order valence-corrected chi connectivity index (χ4v) is 10.00. The molecule has 0 aliphatic carbocycles. The van der Waals surface area contributed by atoms with E-state index >= 15 is 4.39 Å². The van der Waals surface area contributed by atoms with Gasteiger partial charge in [0.25, 0.3) is 23.3 Å². The summed E-state index contributed by atoms with van der Waals surface area (Å²) in [6.45, 7) is 7.69. The van der Waals surface area contributed by atoms with Crippen LogP contribution < -0.4 is 36.0 Å². The predicted octanol–water partition coefficient (Wildman–Crippen LogP) is 4.06. The number of ether oxygens (including phenoxy) is 1. The summed E-state index contributed by atoms with van der Waals surface area (Å²) in [5.74, 6) is -1.14. The second-order valence-electron chi connectivity index (χ2n) is 17.8. The number of aromatic nitrogens is 3. The largest absolute Gasteiger partial charge is 0.478 e. The fourth-order valence-electron chi connectivity index (χ4n) is 9.86. The molecule has 0 bridgehead atoms. The van der Waals surface area contributed by atoms with E-state index in [4.69, 9.17) is 21.3 Å². The van der Waals surface area contributed by atoms with E-state index in [2.05, 4.69) is 30.7 Å². The Hall–Kier alpha value is -6.14. The van der Waals surface area contributed by atoms with E-state index in [1.54, 1.807) is 35.0 Å². The number of nitrogens with zero attached hydrogens (tertiary/aromatic N) is 7. The van der Waals surface area contributed by atoms with Gasteiger partial charge >= 0.3 is 0 Å².